The van der Waals surface area contributed by atoms with Crippen LogP contribution < -0.4 is 11.1 Å². The SMILES string of the molecule is C=CCN=C(N)N[C@@H]1C[C@H]1c1ccc(Br)cc1. The van der Waals surface area contributed by atoms with Crippen molar-refractivity contribution in [3.05, 3.63) is 47.0 Å². The molecule has 0 radical (unpaired) electrons. The summed E-state index contributed by atoms with van der Waals surface area (Å²) >= 11 is 3.43. The van der Waals surface area contributed by atoms with Gasteiger partial charge in [0.25, 0.3) is 0 Å². The van der Waals surface area contributed by atoms with Crippen LogP contribution in [0.2, 0.25) is 0 Å². The Hall–Kier alpha value is -1.29. The standard InChI is InChI=1S/C13H16BrN3/c1-2-7-16-13(15)17-12-8-11(12)9-3-5-10(14)6-4-9/h2-6,11-12H,1,7-8H2,(H3,15,16,17)/t11-,12+/m0/s1. The minimum Gasteiger partial charge on any atom is -0.370 e. The molecule has 0 unspecified atom stereocenters. The molecule has 0 saturated heterocycles. The van der Waals surface area contributed by atoms with Gasteiger partial charge >= 0.3 is 0 Å². The Morgan fingerprint density at radius 3 is 2.88 bits per heavy atom. The first-order valence-electron chi connectivity index (χ1n) is 5.63. The molecule has 1 aliphatic rings. The molecule has 4 heteroatoms. The number of hydrogen-bond donors (Lipinski definition) is 2. The molecule has 3 N–H and O–H groups in total. The number of rotatable bonds is 4. The van der Waals surface area contributed by atoms with Crippen molar-refractivity contribution in [2.45, 2.75) is 18.4 Å². The van der Waals surface area contributed by atoms with Gasteiger partial charge in [-0.25, -0.2) is 4.99 Å². The van der Waals surface area contributed by atoms with Crippen LogP contribution in [0.4, 0.5) is 0 Å². The van der Waals surface area contributed by atoms with E-state index in [9.17, 15) is 0 Å². The highest BCUT2D eigenvalue weighted by atomic mass is 79.9. The smallest absolute Gasteiger partial charge is 0.189 e. The highest BCUT2D eigenvalue weighted by Gasteiger charge is 2.38. The molecule has 2 rings (SSSR count). The van der Waals surface area contributed by atoms with Gasteiger partial charge in [0.05, 0.1) is 6.54 Å². The molecule has 0 aliphatic heterocycles. The summed E-state index contributed by atoms with van der Waals surface area (Å²) in [7, 11) is 0. The molecule has 1 aromatic rings. The Kier molecular flexibility index (Phi) is 3.84. The molecule has 0 spiro atoms. The van der Waals surface area contributed by atoms with Crippen molar-refractivity contribution in [2.24, 2.45) is 10.7 Å². The van der Waals surface area contributed by atoms with E-state index in [-0.39, 0.29) is 0 Å². The van der Waals surface area contributed by atoms with E-state index in [0.717, 1.165) is 10.9 Å². The van der Waals surface area contributed by atoms with Gasteiger partial charge in [0.2, 0.25) is 0 Å². The lowest BCUT2D eigenvalue weighted by atomic mass is 10.1. The van der Waals surface area contributed by atoms with E-state index < -0.39 is 0 Å². The summed E-state index contributed by atoms with van der Waals surface area (Å²) < 4.78 is 1.11. The van der Waals surface area contributed by atoms with Gasteiger partial charge in [-0.2, -0.15) is 0 Å². The molecular formula is C13H16BrN3. The number of nitrogens with two attached hydrogens (primary N) is 1. The Labute approximate surface area is 110 Å². The third-order valence-electron chi connectivity index (χ3n) is 2.81. The molecule has 1 saturated carbocycles. The monoisotopic (exact) mass is 293 g/mol. The normalized spacial score (nSPS) is 23.2. The van der Waals surface area contributed by atoms with E-state index in [1.165, 1.54) is 5.56 Å². The second-order valence-corrected chi connectivity index (χ2v) is 5.07. The van der Waals surface area contributed by atoms with Crippen LogP contribution >= 0.6 is 15.9 Å². The molecule has 1 aliphatic carbocycles. The lowest BCUT2D eigenvalue weighted by Gasteiger charge is -2.04. The fourth-order valence-electron chi connectivity index (χ4n) is 1.83. The number of nitrogens with zero attached hydrogens (tertiary/aromatic N) is 1. The van der Waals surface area contributed by atoms with E-state index in [0.29, 0.717) is 24.5 Å². The van der Waals surface area contributed by atoms with Gasteiger partial charge in [0.15, 0.2) is 5.96 Å². The fourth-order valence-corrected chi connectivity index (χ4v) is 2.10. The first-order chi connectivity index (χ1) is 8.20. The van der Waals surface area contributed by atoms with E-state index in [1.54, 1.807) is 6.08 Å². The number of halogens is 1. The number of hydrogen-bond acceptors (Lipinski definition) is 1. The largest absolute Gasteiger partial charge is 0.370 e. The van der Waals surface area contributed by atoms with Crippen molar-refractivity contribution < 1.29 is 0 Å². The van der Waals surface area contributed by atoms with Crippen LogP contribution in [0, 0.1) is 0 Å². The van der Waals surface area contributed by atoms with Gasteiger partial charge in [-0.05, 0) is 24.1 Å². The third-order valence-corrected chi connectivity index (χ3v) is 3.34. The van der Waals surface area contributed by atoms with Crippen molar-refractivity contribution in [1.29, 1.82) is 0 Å². The highest BCUT2D eigenvalue weighted by Crippen LogP contribution is 2.40. The molecular weight excluding hydrogens is 278 g/mol. The summed E-state index contributed by atoms with van der Waals surface area (Å²) in [5, 5.41) is 3.22. The van der Waals surface area contributed by atoms with Crippen molar-refractivity contribution in [3.63, 3.8) is 0 Å². The molecule has 0 aromatic heterocycles. The second kappa shape index (κ2) is 5.36. The van der Waals surface area contributed by atoms with E-state index in [2.05, 4.69) is 57.1 Å². The molecule has 0 heterocycles. The van der Waals surface area contributed by atoms with Gasteiger partial charge in [0, 0.05) is 16.4 Å². The van der Waals surface area contributed by atoms with Crippen LogP contribution in [-0.4, -0.2) is 18.5 Å². The highest BCUT2D eigenvalue weighted by molar-refractivity contribution is 9.10. The maximum Gasteiger partial charge on any atom is 0.189 e. The number of benzene rings is 1. The lowest BCUT2D eigenvalue weighted by molar-refractivity contribution is 0.854. The molecule has 1 aromatic carbocycles. The van der Waals surface area contributed by atoms with Gasteiger partial charge in [-0.15, -0.1) is 6.58 Å². The second-order valence-electron chi connectivity index (χ2n) is 4.16. The molecule has 90 valence electrons. The van der Waals surface area contributed by atoms with Crippen LogP contribution in [0.15, 0.2) is 46.4 Å². The third kappa shape index (κ3) is 3.33. The minimum atomic E-state index is 0.421. The predicted molar refractivity (Wildman–Crippen MR) is 75.1 cm³/mol. The van der Waals surface area contributed by atoms with Crippen molar-refractivity contribution in [3.8, 4) is 0 Å². The molecule has 3 nitrogen and oxygen atoms in total. The van der Waals surface area contributed by atoms with Gasteiger partial charge in [-0.1, -0.05) is 34.1 Å². The fraction of sp³-hybridized carbons (Fsp3) is 0.308. The lowest BCUT2D eigenvalue weighted by Crippen LogP contribution is -2.34. The predicted octanol–water partition coefficient (Wildman–Crippen LogP) is 2.40. The van der Waals surface area contributed by atoms with Crippen LogP contribution in [0.1, 0.15) is 17.9 Å². The van der Waals surface area contributed by atoms with Crippen molar-refractivity contribution in [1.82, 2.24) is 5.32 Å². The zero-order chi connectivity index (χ0) is 12.3. The zero-order valence-electron chi connectivity index (χ0n) is 9.57. The number of nitrogens with one attached hydrogen (secondary N) is 1. The van der Waals surface area contributed by atoms with Crippen LogP contribution in [0.25, 0.3) is 0 Å². The van der Waals surface area contributed by atoms with Crippen molar-refractivity contribution in [2.75, 3.05) is 6.54 Å². The molecule has 1 fully saturated rings. The van der Waals surface area contributed by atoms with Crippen LogP contribution in [-0.2, 0) is 0 Å². The summed E-state index contributed by atoms with van der Waals surface area (Å²) in [6, 6.07) is 8.85. The Balaban J connectivity index is 1.88. The zero-order valence-corrected chi connectivity index (χ0v) is 11.2. The maximum absolute atomic E-state index is 5.75. The number of aliphatic imine (C=N–C) groups is 1. The molecule has 0 bridgehead atoms. The first-order valence-corrected chi connectivity index (χ1v) is 6.43. The summed E-state index contributed by atoms with van der Waals surface area (Å²) in [5.41, 5.74) is 7.10. The van der Waals surface area contributed by atoms with E-state index in [4.69, 9.17) is 5.73 Å². The first kappa shape index (κ1) is 12.2. The summed E-state index contributed by atoms with van der Waals surface area (Å²) in [5.74, 6) is 1.06. The maximum atomic E-state index is 5.75. The summed E-state index contributed by atoms with van der Waals surface area (Å²) in [6.07, 6.45) is 2.85. The van der Waals surface area contributed by atoms with Crippen molar-refractivity contribution >= 4 is 21.9 Å². The van der Waals surface area contributed by atoms with E-state index in [1.807, 2.05) is 0 Å². The average Bonchev–Trinajstić information content (AvgIpc) is 3.06. The Morgan fingerprint density at radius 2 is 2.24 bits per heavy atom. The minimum absolute atomic E-state index is 0.421. The Morgan fingerprint density at radius 1 is 1.53 bits per heavy atom. The van der Waals surface area contributed by atoms with Crippen LogP contribution in [0.3, 0.4) is 0 Å². The van der Waals surface area contributed by atoms with Gasteiger partial charge < -0.3 is 11.1 Å². The average molecular weight is 294 g/mol. The quantitative estimate of drug-likeness (QED) is 0.509. The van der Waals surface area contributed by atoms with Gasteiger partial charge in [-0.3, -0.25) is 0 Å². The Bertz CT molecular complexity index is 425. The van der Waals surface area contributed by atoms with Crippen LogP contribution in [0.5, 0.6) is 0 Å². The summed E-state index contributed by atoms with van der Waals surface area (Å²) in [6.45, 7) is 4.17. The van der Waals surface area contributed by atoms with E-state index >= 15 is 0 Å². The number of guanidine groups is 1. The molecule has 17 heavy (non-hydrogen) atoms. The summed E-state index contributed by atoms with van der Waals surface area (Å²) in [4.78, 5) is 4.12. The molecule has 2 atom stereocenters. The van der Waals surface area contributed by atoms with Gasteiger partial charge in [0.1, 0.15) is 0 Å². The molecule has 0 amide bonds. The topological polar surface area (TPSA) is 50.4 Å².